The highest BCUT2D eigenvalue weighted by Gasteiger charge is 2.31. The van der Waals surface area contributed by atoms with Crippen LogP contribution >= 0.6 is 0 Å². The number of sulfonamides is 1. The minimum Gasteiger partial charge on any atom is -0.324 e. The molecule has 0 heterocycles. The second-order valence-electron chi connectivity index (χ2n) is 6.48. The van der Waals surface area contributed by atoms with Gasteiger partial charge in [0.05, 0.1) is 29.4 Å². The molecule has 0 bridgehead atoms. The second-order valence-corrected chi connectivity index (χ2v) is 8.34. The molecule has 0 aromatic heterocycles. The van der Waals surface area contributed by atoms with Crippen LogP contribution in [0.5, 0.6) is 0 Å². The average molecular weight is 416 g/mol. The number of carbonyl (C=O) groups excluding carboxylic acids is 1. The first-order valence-corrected chi connectivity index (χ1v) is 10.4. The molecule has 0 saturated carbocycles. The van der Waals surface area contributed by atoms with Gasteiger partial charge in [-0.05, 0) is 37.1 Å². The van der Waals surface area contributed by atoms with E-state index in [0.717, 1.165) is 22.2 Å². The maximum absolute atomic E-state index is 12.7. The zero-order chi connectivity index (χ0) is 21.8. The van der Waals surface area contributed by atoms with Crippen molar-refractivity contribution in [2.24, 2.45) is 0 Å². The summed E-state index contributed by atoms with van der Waals surface area (Å²) in [6, 6.07) is 11.3. The Labute approximate surface area is 168 Å². The van der Waals surface area contributed by atoms with E-state index in [9.17, 15) is 23.3 Å². The van der Waals surface area contributed by atoms with Gasteiger partial charge in [0, 0.05) is 17.8 Å². The standard InChI is InChI=1S/C19H20N4O5S/c1-13-4-9-17(23(25)26)12-18(13)22(29(3,27)28)14(2)19(24)21-16-7-5-15(6-8-16)10-11-20/h4-9,12,14H,10H2,1-3H3,(H,21,24). The van der Waals surface area contributed by atoms with Crippen molar-refractivity contribution in [2.45, 2.75) is 26.3 Å². The molecule has 10 heteroatoms. The zero-order valence-electron chi connectivity index (χ0n) is 16.1. The third-order valence-electron chi connectivity index (χ3n) is 4.23. The minimum atomic E-state index is -3.92. The maximum atomic E-state index is 12.7. The Hall–Kier alpha value is -3.45. The molecule has 9 nitrogen and oxygen atoms in total. The van der Waals surface area contributed by atoms with Gasteiger partial charge >= 0.3 is 0 Å². The van der Waals surface area contributed by atoms with Crippen LogP contribution in [-0.2, 0) is 21.2 Å². The van der Waals surface area contributed by atoms with Crippen molar-refractivity contribution in [2.75, 3.05) is 15.9 Å². The summed E-state index contributed by atoms with van der Waals surface area (Å²) < 4.78 is 25.7. The van der Waals surface area contributed by atoms with Crippen LogP contribution in [0.1, 0.15) is 18.1 Å². The summed E-state index contributed by atoms with van der Waals surface area (Å²) in [4.78, 5) is 23.2. The molecule has 0 aliphatic heterocycles. The second kappa shape index (κ2) is 8.70. The molecule has 1 atom stereocenters. The van der Waals surface area contributed by atoms with Crippen LogP contribution in [0.25, 0.3) is 0 Å². The van der Waals surface area contributed by atoms with Gasteiger partial charge in [-0.3, -0.25) is 19.2 Å². The lowest BCUT2D eigenvalue weighted by atomic mass is 10.1. The number of nitrogens with zero attached hydrogens (tertiary/aromatic N) is 3. The van der Waals surface area contributed by atoms with E-state index < -0.39 is 26.9 Å². The number of nitrogens with one attached hydrogen (secondary N) is 1. The van der Waals surface area contributed by atoms with Crippen LogP contribution < -0.4 is 9.62 Å². The molecule has 1 N–H and O–H groups in total. The number of hydrogen-bond donors (Lipinski definition) is 1. The van der Waals surface area contributed by atoms with Crippen LogP contribution in [0.2, 0.25) is 0 Å². The first-order valence-electron chi connectivity index (χ1n) is 8.55. The lowest BCUT2D eigenvalue weighted by molar-refractivity contribution is -0.384. The third kappa shape index (κ3) is 5.30. The smallest absolute Gasteiger partial charge is 0.271 e. The summed E-state index contributed by atoms with van der Waals surface area (Å²) in [7, 11) is -3.92. The van der Waals surface area contributed by atoms with Gasteiger partial charge in [0.1, 0.15) is 6.04 Å². The predicted octanol–water partition coefficient (Wildman–Crippen LogP) is 2.76. The van der Waals surface area contributed by atoms with E-state index in [4.69, 9.17) is 5.26 Å². The fraction of sp³-hybridized carbons (Fsp3) is 0.263. The Morgan fingerprint density at radius 3 is 2.41 bits per heavy atom. The van der Waals surface area contributed by atoms with Gasteiger partial charge in [0.2, 0.25) is 15.9 Å². The van der Waals surface area contributed by atoms with Gasteiger partial charge in [0.25, 0.3) is 5.69 Å². The highest BCUT2D eigenvalue weighted by molar-refractivity contribution is 7.92. The Bertz CT molecular complexity index is 1070. The van der Waals surface area contributed by atoms with Crippen LogP contribution in [0.4, 0.5) is 17.1 Å². The van der Waals surface area contributed by atoms with Gasteiger partial charge in [-0.1, -0.05) is 18.2 Å². The van der Waals surface area contributed by atoms with Crippen molar-refractivity contribution in [3.05, 3.63) is 63.7 Å². The van der Waals surface area contributed by atoms with Gasteiger partial charge in [-0.2, -0.15) is 5.26 Å². The van der Waals surface area contributed by atoms with E-state index in [-0.39, 0.29) is 17.8 Å². The van der Waals surface area contributed by atoms with E-state index in [2.05, 4.69) is 5.32 Å². The average Bonchev–Trinajstić information content (AvgIpc) is 2.63. The fourth-order valence-corrected chi connectivity index (χ4v) is 4.00. The molecule has 0 spiro atoms. The van der Waals surface area contributed by atoms with Crippen LogP contribution in [0, 0.1) is 28.4 Å². The summed E-state index contributed by atoms with van der Waals surface area (Å²) in [6.07, 6.45) is 1.17. The summed E-state index contributed by atoms with van der Waals surface area (Å²) in [5, 5.41) is 22.4. The van der Waals surface area contributed by atoms with Crippen LogP contribution in [0.3, 0.4) is 0 Å². The number of nitriles is 1. The monoisotopic (exact) mass is 416 g/mol. The van der Waals surface area contributed by atoms with Crippen LogP contribution in [0.15, 0.2) is 42.5 Å². The Morgan fingerprint density at radius 1 is 1.28 bits per heavy atom. The van der Waals surface area contributed by atoms with Crippen molar-refractivity contribution >= 4 is 33.0 Å². The fourth-order valence-electron chi connectivity index (χ4n) is 2.77. The summed E-state index contributed by atoms with van der Waals surface area (Å²) in [5.74, 6) is -0.602. The Balaban J connectivity index is 2.36. The quantitative estimate of drug-likeness (QED) is 0.545. The normalized spacial score (nSPS) is 11.9. The number of hydrogen-bond acceptors (Lipinski definition) is 6. The molecule has 0 aliphatic rings. The number of amides is 1. The molecule has 1 amide bonds. The first-order chi connectivity index (χ1) is 13.5. The number of non-ortho nitro benzene ring substituents is 1. The van der Waals surface area contributed by atoms with Crippen molar-refractivity contribution in [3.8, 4) is 6.07 Å². The lowest BCUT2D eigenvalue weighted by Gasteiger charge is -2.29. The molecule has 2 aromatic rings. The maximum Gasteiger partial charge on any atom is 0.271 e. The zero-order valence-corrected chi connectivity index (χ0v) is 16.9. The molecule has 0 fully saturated rings. The molecule has 0 aliphatic carbocycles. The van der Waals surface area contributed by atoms with E-state index in [1.165, 1.54) is 19.1 Å². The largest absolute Gasteiger partial charge is 0.324 e. The van der Waals surface area contributed by atoms with Crippen molar-refractivity contribution in [1.29, 1.82) is 5.26 Å². The summed E-state index contributed by atoms with van der Waals surface area (Å²) in [5.41, 5.74) is 1.48. The number of anilines is 2. The molecular formula is C19H20N4O5S. The van der Waals surface area contributed by atoms with E-state index in [1.807, 2.05) is 6.07 Å². The summed E-state index contributed by atoms with van der Waals surface area (Å²) >= 11 is 0. The summed E-state index contributed by atoms with van der Waals surface area (Å²) in [6.45, 7) is 3.01. The number of nitro groups is 1. The van der Waals surface area contributed by atoms with E-state index in [0.29, 0.717) is 11.3 Å². The highest BCUT2D eigenvalue weighted by Crippen LogP contribution is 2.29. The van der Waals surface area contributed by atoms with Gasteiger partial charge < -0.3 is 5.32 Å². The topological polar surface area (TPSA) is 133 Å². The van der Waals surface area contributed by atoms with Gasteiger partial charge in [0.15, 0.2) is 0 Å². The molecule has 0 saturated heterocycles. The highest BCUT2D eigenvalue weighted by atomic mass is 32.2. The molecule has 1 unspecified atom stereocenters. The Morgan fingerprint density at radius 2 is 1.90 bits per heavy atom. The lowest BCUT2D eigenvalue weighted by Crippen LogP contribution is -2.45. The van der Waals surface area contributed by atoms with Gasteiger partial charge in [-0.15, -0.1) is 0 Å². The number of carbonyl (C=O) groups is 1. The molecule has 152 valence electrons. The number of aryl methyl sites for hydroxylation is 1. The van der Waals surface area contributed by atoms with E-state index >= 15 is 0 Å². The number of benzene rings is 2. The van der Waals surface area contributed by atoms with E-state index in [1.54, 1.807) is 31.2 Å². The van der Waals surface area contributed by atoms with Crippen molar-refractivity contribution < 1.29 is 18.1 Å². The molecular weight excluding hydrogens is 396 g/mol. The number of rotatable bonds is 7. The Kier molecular flexibility index (Phi) is 6.56. The molecule has 0 radical (unpaired) electrons. The molecule has 29 heavy (non-hydrogen) atoms. The van der Waals surface area contributed by atoms with Crippen molar-refractivity contribution in [3.63, 3.8) is 0 Å². The van der Waals surface area contributed by atoms with Gasteiger partial charge in [-0.25, -0.2) is 8.42 Å². The minimum absolute atomic E-state index is 0.0636. The first kappa shape index (κ1) is 21.8. The molecule has 2 aromatic carbocycles. The van der Waals surface area contributed by atoms with Crippen LogP contribution in [-0.4, -0.2) is 31.5 Å². The third-order valence-corrected chi connectivity index (χ3v) is 5.46. The number of nitro benzene ring substituents is 1. The molecule has 2 rings (SSSR count). The SMILES string of the molecule is Cc1ccc([N+](=O)[O-])cc1N(C(C)C(=O)Nc1ccc(CC#N)cc1)S(C)(=O)=O. The predicted molar refractivity (Wildman–Crippen MR) is 109 cm³/mol. The van der Waals surface area contributed by atoms with Crippen molar-refractivity contribution in [1.82, 2.24) is 0 Å².